The Bertz CT molecular complexity index is 502. The maximum Gasteiger partial charge on any atom is 0.186 e. The maximum atomic E-state index is 6.40. The second-order valence-electron chi connectivity index (χ2n) is 8.07. The first-order valence-electron chi connectivity index (χ1n) is 8.37. The van der Waals surface area contributed by atoms with E-state index in [4.69, 9.17) is 10.7 Å². The smallest absolute Gasteiger partial charge is 0.186 e. The van der Waals surface area contributed by atoms with E-state index in [0.717, 1.165) is 31.3 Å². The molecule has 3 nitrogen and oxygen atoms in total. The van der Waals surface area contributed by atoms with Crippen LogP contribution in [0, 0.1) is 11.3 Å². The number of rotatable bonds is 5. The molecular formula is C17H29N3S. The van der Waals surface area contributed by atoms with Crippen molar-refractivity contribution >= 4 is 16.5 Å². The second-order valence-corrected chi connectivity index (χ2v) is 9.08. The first-order valence-corrected chi connectivity index (χ1v) is 9.19. The maximum absolute atomic E-state index is 6.40. The van der Waals surface area contributed by atoms with E-state index in [1.54, 1.807) is 0 Å². The summed E-state index contributed by atoms with van der Waals surface area (Å²) in [4.78, 5) is 8.91. The van der Waals surface area contributed by atoms with E-state index in [2.05, 4.69) is 32.6 Å². The van der Waals surface area contributed by atoms with Gasteiger partial charge in [0.05, 0.1) is 5.69 Å². The Kier molecular flexibility index (Phi) is 4.04. The van der Waals surface area contributed by atoms with Gasteiger partial charge in [-0.05, 0) is 43.4 Å². The molecule has 3 rings (SSSR count). The normalized spacial score (nSPS) is 24.2. The Morgan fingerprint density at radius 1 is 1.38 bits per heavy atom. The first kappa shape index (κ1) is 15.3. The van der Waals surface area contributed by atoms with Crippen LogP contribution in [0.3, 0.4) is 0 Å². The molecule has 1 unspecified atom stereocenters. The van der Waals surface area contributed by atoms with Gasteiger partial charge in [-0.25, -0.2) is 4.98 Å². The Balaban J connectivity index is 1.82. The van der Waals surface area contributed by atoms with Crippen LogP contribution in [0.4, 0.5) is 5.13 Å². The van der Waals surface area contributed by atoms with Crippen LogP contribution in [0.15, 0.2) is 0 Å². The van der Waals surface area contributed by atoms with Crippen molar-refractivity contribution in [2.75, 3.05) is 11.4 Å². The van der Waals surface area contributed by atoms with Gasteiger partial charge in [0.2, 0.25) is 0 Å². The molecule has 2 aliphatic carbocycles. The molecule has 1 atom stereocenters. The SMILES string of the molecule is CC(C)CCN(c1nc2c(s1)C(N)CC(C)(C)C2)C1CC1. The Labute approximate surface area is 132 Å². The Morgan fingerprint density at radius 3 is 2.71 bits per heavy atom. The fraction of sp³-hybridized carbons (Fsp3) is 0.824. The minimum atomic E-state index is 0.182. The lowest BCUT2D eigenvalue weighted by molar-refractivity contribution is 0.282. The van der Waals surface area contributed by atoms with Crippen LogP contribution >= 0.6 is 11.3 Å². The van der Waals surface area contributed by atoms with Gasteiger partial charge in [0, 0.05) is 23.5 Å². The molecule has 2 N–H and O–H groups in total. The highest BCUT2D eigenvalue weighted by Crippen LogP contribution is 2.45. The molecule has 1 saturated carbocycles. The monoisotopic (exact) mass is 307 g/mol. The van der Waals surface area contributed by atoms with Crippen LogP contribution in [0.2, 0.25) is 0 Å². The minimum Gasteiger partial charge on any atom is -0.345 e. The molecule has 0 aromatic carbocycles. The molecule has 0 bridgehead atoms. The van der Waals surface area contributed by atoms with Crippen LogP contribution in [-0.4, -0.2) is 17.6 Å². The third-order valence-corrected chi connectivity index (χ3v) is 5.92. The van der Waals surface area contributed by atoms with Crippen LogP contribution in [-0.2, 0) is 6.42 Å². The van der Waals surface area contributed by atoms with Crippen LogP contribution in [0.1, 0.15) is 70.0 Å². The largest absolute Gasteiger partial charge is 0.345 e. The van der Waals surface area contributed by atoms with E-state index < -0.39 is 0 Å². The molecule has 0 saturated heterocycles. The number of nitrogens with zero attached hydrogens (tertiary/aromatic N) is 2. The molecule has 0 spiro atoms. The van der Waals surface area contributed by atoms with E-state index in [1.165, 1.54) is 35.0 Å². The zero-order valence-corrected chi connectivity index (χ0v) is 14.7. The lowest BCUT2D eigenvalue weighted by Gasteiger charge is -2.32. The first-order chi connectivity index (χ1) is 9.85. The van der Waals surface area contributed by atoms with Crippen molar-refractivity contribution in [2.45, 2.75) is 71.9 Å². The molecule has 1 heterocycles. The average Bonchev–Trinajstić information content (AvgIpc) is 3.09. The van der Waals surface area contributed by atoms with E-state index in [0.29, 0.717) is 5.41 Å². The number of hydrogen-bond donors (Lipinski definition) is 1. The molecule has 0 radical (unpaired) electrons. The predicted octanol–water partition coefficient (Wildman–Crippen LogP) is 4.13. The van der Waals surface area contributed by atoms with E-state index in [1.807, 2.05) is 11.3 Å². The number of thiazole rings is 1. The van der Waals surface area contributed by atoms with E-state index in [-0.39, 0.29) is 6.04 Å². The molecule has 1 aromatic rings. The number of fused-ring (bicyclic) bond motifs is 1. The molecule has 4 heteroatoms. The summed E-state index contributed by atoms with van der Waals surface area (Å²) in [6.45, 7) is 10.4. The molecule has 0 amide bonds. The van der Waals surface area contributed by atoms with Gasteiger partial charge >= 0.3 is 0 Å². The minimum absolute atomic E-state index is 0.182. The number of aromatic nitrogens is 1. The van der Waals surface area contributed by atoms with Gasteiger partial charge in [0.1, 0.15) is 0 Å². The molecular weight excluding hydrogens is 278 g/mol. The van der Waals surface area contributed by atoms with Crippen molar-refractivity contribution < 1.29 is 0 Å². The fourth-order valence-corrected chi connectivity index (χ4v) is 4.50. The summed E-state index contributed by atoms with van der Waals surface area (Å²) in [5, 5.41) is 1.23. The standard InChI is InChI=1S/C17H29N3S/c1-11(2)7-8-20(12-5-6-12)16-19-14-10-17(3,4)9-13(18)15(14)21-16/h11-13H,5-10,18H2,1-4H3. The van der Waals surface area contributed by atoms with Crippen LogP contribution in [0.5, 0.6) is 0 Å². The van der Waals surface area contributed by atoms with Crippen molar-refractivity contribution in [2.24, 2.45) is 17.1 Å². The molecule has 118 valence electrons. The average molecular weight is 308 g/mol. The fourth-order valence-electron chi connectivity index (χ4n) is 3.32. The summed E-state index contributed by atoms with van der Waals surface area (Å²) in [5.74, 6) is 0.752. The van der Waals surface area contributed by atoms with E-state index >= 15 is 0 Å². The summed E-state index contributed by atoms with van der Waals surface area (Å²) >= 11 is 1.86. The number of hydrogen-bond acceptors (Lipinski definition) is 4. The highest BCUT2D eigenvalue weighted by Gasteiger charge is 2.36. The molecule has 1 fully saturated rings. The number of nitrogens with two attached hydrogens (primary N) is 1. The topological polar surface area (TPSA) is 42.2 Å². The van der Waals surface area contributed by atoms with Gasteiger partial charge in [-0.2, -0.15) is 0 Å². The summed E-state index contributed by atoms with van der Waals surface area (Å²) in [6, 6.07) is 0.918. The third kappa shape index (κ3) is 3.42. The summed E-state index contributed by atoms with van der Waals surface area (Å²) in [7, 11) is 0. The molecule has 21 heavy (non-hydrogen) atoms. The van der Waals surface area contributed by atoms with Crippen molar-refractivity contribution in [1.82, 2.24) is 4.98 Å². The Hall–Kier alpha value is -0.610. The van der Waals surface area contributed by atoms with Crippen molar-refractivity contribution in [3.63, 3.8) is 0 Å². The summed E-state index contributed by atoms with van der Waals surface area (Å²) in [6.07, 6.45) is 6.07. The predicted molar refractivity (Wildman–Crippen MR) is 91.0 cm³/mol. The lowest BCUT2D eigenvalue weighted by atomic mass is 9.77. The van der Waals surface area contributed by atoms with Gasteiger partial charge in [-0.15, -0.1) is 0 Å². The zero-order valence-electron chi connectivity index (χ0n) is 13.9. The van der Waals surface area contributed by atoms with Crippen molar-refractivity contribution in [1.29, 1.82) is 0 Å². The third-order valence-electron chi connectivity index (χ3n) is 4.65. The van der Waals surface area contributed by atoms with Gasteiger partial charge in [-0.1, -0.05) is 39.0 Å². The summed E-state index contributed by atoms with van der Waals surface area (Å²) in [5.41, 5.74) is 7.97. The zero-order chi connectivity index (χ0) is 15.2. The van der Waals surface area contributed by atoms with E-state index in [9.17, 15) is 0 Å². The lowest BCUT2D eigenvalue weighted by Crippen LogP contribution is -2.29. The Morgan fingerprint density at radius 2 is 2.10 bits per heavy atom. The molecule has 2 aliphatic rings. The van der Waals surface area contributed by atoms with Gasteiger partial charge in [-0.3, -0.25) is 0 Å². The highest BCUT2D eigenvalue weighted by atomic mass is 32.1. The van der Waals surface area contributed by atoms with Gasteiger partial charge in [0.15, 0.2) is 5.13 Å². The van der Waals surface area contributed by atoms with Crippen molar-refractivity contribution in [3.8, 4) is 0 Å². The molecule has 0 aliphatic heterocycles. The highest BCUT2D eigenvalue weighted by molar-refractivity contribution is 7.15. The van der Waals surface area contributed by atoms with Gasteiger partial charge < -0.3 is 10.6 Å². The van der Waals surface area contributed by atoms with Crippen LogP contribution in [0.25, 0.3) is 0 Å². The van der Waals surface area contributed by atoms with Gasteiger partial charge in [0.25, 0.3) is 0 Å². The molecule has 1 aromatic heterocycles. The second kappa shape index (κ2) is 5.54. The quantitative estimate of drug-likeness (QED) is 0.889. The van der Waals surface area contributed by atoms with Crippen molar-refractivity contribution in [3.05, 3.63) is 10.6 Å². The van der Waals surface area contributed by atoms with Crippen LogP contribution < -0.4 is 10.6 Å². The summed E-state index contributed by atoms with van der Waals surface area (Å²) < 4.78 is 0. The number of anilines is 1.